The Kier molecular flexibility index (Phi) is 14.4. The quantitative estimate of drug-likeness (QED) is 0.323. The van der Waals surface area contributed by atoms with Gasteiger partial charge in [-0.15, -0.1) is 10.2 Å². The molecule has 0 saturated carbocycles. The molecule has 0 aliphatic carbocycles. The van der Waals surface area contributed by atoms with Crippen molar-refractivity contribution in [2.75, 3.05) is 4.72 Å². The molecule has 2 aromatic rings. The monoisotopic (exact) mass is 481 g/mol. The molecule has 178 valence electrons. The summed E-state index contributed by atoms with van der Waals surface area (Å²) in [6.07, 6.45) is 15.2. The molecule has 0 fully saturated rings. The van der Waals surface area contributed by atoms with E-state index in [-0.39, 0.29) is 11.0 Å². The molecule has 0 atom stereocenters. The highest BCUT2D eigenvalue weighted by molar-refractivity contribution is 7.93. The summed E-state index contributed by atoms with van der Waals surface area (Å²) in [5.41, 5.74) is 1.19. The second-order valence-corrected chi connectivity index (χ2v) is 10.4. The van der Waals surface area contributed by atoms with Gasteiger partial charge in [-0.1, -0.05) is 95.1 Å². The molecule has 7 nitrogen and oxygen atoms in total. The second-order valence-electron chi connectivity index (χ2n) is 7.62. The van der Waals surface area contributed by atoms with Crippen LogP contribution in [0.25, 0.3) is 0 Å². The van der Waals surface area contributed by atoms with Crippen LogP contribution in [-0.2, 0) is 32.5 Å². The number of rotatable bonds is 15. The number of aromatic nitrogens is 2. The molecule has 0 unspecified atom stereocenters. The lowest BCUT2D eigenvalue weighted by atomic mass is 10.0. The maximum Gasteiger partial charge on any atom is 0.373 e. The summed E-state index contributed by atoms with van der Waals surface area (Å²) in [6.45, 7) is 4.22. The zero-order valence-electron chi connectivity index (χ0n) is 19.1. The Hall–Kier alpha value is -2.09. The van der Waals surface area contributed by atoms with Gasteiger partial charge in [-0.2, -0.15) is 9.59 Å². The Morgan fingerprint density at radius 3 is 1.88 bits per heavy atom. The average molecular weight is 482 g/mol. The zero-order chi connectivity index (χ0) is 23.7. The Bertz CT molecular complexity index is 890. The number of anilines is 1. The lowest BCUT2D eigenvalue weighted by molar-refractivity contribution is -0.191. The van der Waals surface area contributed by atoms with Crippen LogP contribution in [-0.4, -0.2) is 24.8 Å². The van der Waals surface area contributed by atoms with Crippen molar-refractivity contribution in [2.24, 2.45) is 0 Å². The minimum atomic E-state index is -3.61. The minimum Gasteiger partial charge on any atom is -0.253 e. The second kappa shape index (κ2) is 16.5. The molecule has 0 aliphatic rings. The van der Waals surface area contributed by atoms with Gasteiger partial charge in [0.2, 0.25) is 5.13 Å². The molecule has 1 N–H and O–H groups in total. The molecular weight excluding hydrogens is 446 g/mol. The number of sulfonamides is 1. The third kappa shape index (κ3) is 11.5. The van der Waals surface area contributed by atoms with Crippen LogP contribution in [0.5, 0.6) is 0 Å². The first-order chi connectivity index (χ1) is 15.5. The predicted molar refractivity (Wildman–Crippen MR) is 127 cm³/mol. The lowest BCUT2D eigenvalue weighted by Crippen LogP contribution is -2.12. The SMILES string of the molecule is CCCCCCCCCCCCc1ccc(S(=O)(=O)Nc2nnc(CC)s2)cc1.O=C=O. The molecule has 1 heterocycles. The highest BCUT2D eigenvalue weighted by atomic mass is 32.2. The van der Waals surface area contributed by atoms with Crippen molar-refractivity contribution >= 4 is 32.6 Å². The fourth-order valence-electron chi connectivity index (χ4n) is 3.26. The number of hydrogen-bond donors (Lipinski definition) is 1. The van der Waals surface area contributed by atoms with E-state index in [1.165, 1.54) is 74.7 Å². The molecule has 9 heteroatoms. The van der Waals surface area contributed by atoms with E-state index in [0.29, 0.717) is 5.13 Å². The van der Waals surface area contributed by atoms with Gasteiger partial charge in [0.1, 0.15) is 5.01 Å². The van der Waals surface area contributed by atoms with Crippen molar-refractivity contribution in [1.82, 2.24) is 10.2 Å². The summed E-state index contributed by atoms with van der Waals surface area (Å²) in [7, 11) is -3.61. The fourth-order valence-corrected chi connectivity index (χ4v) is 5.17. The smallest absolute Gasteiger partial charge is 0.253 e. The van der Waals surface area contributed by atoms with Gasteiger partial charge in [0.25, 0.3) is 10.0 Å². The van der Waals surface area contributed by atoms with Crippen LogP contribution >= 0.6 is 11.3 Å². The van der Waals surface area contributed by atoms with Crippen molar-refractivity contribution in [3.05, 3.63) is 34.8 Å². The average Bonchev–Trinajstić information content (AvgIpc) is 3.23. The van der Waals surface area contributed by atoms with Gasteiger partial charge < -0.3 is 0 Å². The van der Waals surface area contributed by atoms with Gasteiger partial charge in [-0.3, -0.25) is 4.72 Å². The number of unbranched alkanes of at least 4 members (excludes halogenated alkanes) is 9. The summed E-state index contributed by atoms with van der Waals surface area (Å²) in [6, 6.07) is 7.19. The van der Waals surface area contributed by atoms with Crippen LogP contribution in [0.15, 0.2) is 29.2 Å². The van der Waals surface area contributed by atoms with Gasteiger partial charge in [-0.05, 0) is 37.0 Å². The molecule has 0 aliphatic heterocycles. The first-order valence-corrected chi connectivity index (χ1v) is 13.7. The van der Waals surface area contributed by atoms with Crippen LogP contribution in [0.1, 0.15) is 88.6 Å². The van der Waals surface area contributed by atoms with E-state index in [1.807, 2.05) is 19.1 Å². The number of benzene rings is 1. The van der Waals surface area contributed by atoms with E-state index in [4.69, 9.17) is 9.59 Å². The third-order valence-corrected chi connectivity index (χ3v) is 7.51. The zero-order valence-corrected chi connectivity index (χ0v) is 20.8. The summed E-state index contributed by atoms with van der Waals surface area (Å²) >= 11 is 1.27. The van der Waals surface area contributed by atoms with Crippen molar-refractivity contribution in [2.45, 2.75) is 95.8 Å². The van der Waals surface area contributed by atoms with Gasteiger partial charge in [0, 0.05) is 0 Å². The van der Waals surface area contributed by atoms with Gasteiger partial charge in [0.05, 0.1) is 4.90 Å². The number of nitrogens with zero attached hydrogens (tertiary/aromatic N) is 2. The third-order valence-electron chi connectivity index (χ3n) is 5.04. The number of nitrogens with one attached hydrogen (secondary N) is 1. The van der Waals surface area contributed by atoms with Crippen molar-refractivity contribution in [1.29, 1.82) is 0 Å². The Labute approximate surface area is 196 Å². The van der Waals surface area contributed by atoms with Crippen LogP contribution in [0.4, 0.5) is 5.13 Å². The highest BCUT2D eigenvalue weighted by Crippen LogP contribution is 2.21. The van der Waals surface area contributed by atoms with Gasteiger partial charge in [0.15, 0.2) is 0 Å². The van der Waals surface area contributed by atoms with E-state index in [9.17, 15) is 8.42 Å². The van der Waals surface area contributed by atoms with E-state index in [2.05, 4.69) is 21.8 Å². The van der Waals surface area contributed by atoms with E-state index in [0.717, 1.165) is 24.3 Å². The molecule has 0 spiro atoms. The van der Waals surface area contributed by atoms with E-state index >= 15 is 0 Å². The van der Waals surface area contributed by atoms with Crippen LogP contribution in [0.3, 0.4) is 0 Å². The molecule has 0 saturated heterocycles. The van der Waals surface area contributed by atoms with Crippen LogP contribution in [0.2, 0.25) is 0 Å². The van der Waals surface area contributed by atoms with Crippen molar-refractivity contribution in [3.63, 3.8) is 0 Å². The summed E-state index contributed by atoms with van der Waals surface area (Å²) in [5.74, 6) is 0. The standard InChI is InChI=1S/C22H35N3O2S2.CO2/c1-3-5-6-7-8-9-10-11-12-13-14-19-15-17-20(18-16-19)29(26,27)25-22-24-23-21(4-2)28-22;2-1-3/h15-18H,3-14H2,1-2H3,(H,24,25);. The first-order valence-electron chi connectivity index (χ1n) is 11.4. The molecule has 0 radical (unpaired) electrons. The molecule has 0 amide bonds. The lowest BCUT2D eigenvalue weighted by Gasteiger charge is -2.06. The van der Waals surface area contributed by atoms with Gasteiger partial charge in [-0.25, -0.2) is 8.42 Å². The molecule has 0 bridgehead atoms. The largest absolute Gasteiger partial charge is 0.373 e. The molecule has 32 heavy (non-hydrogen) atoms. The number of hydrogen-bond acceptors (Lipinski definition) is 7. The van der Waals surface area contributed by atoms with Crippen LogP contribution < -0.4 is 4.72 Å². The molecule has 2 rings (SSSR count). The minimum absolute atomic E-state index is 0.250. The van der Waals surface area contributed by atoms with E-state index < -0.39 is 10.0 Å². The highest BCUT2D eigenvalue weighted by Gasteiger charge is 2.16. The van der Waals surface area contributed by atoms with Crippen molar-refractivity contribution in [3.8, 4) is 0 Å². The maximum absolute atomic E-state index is 12.5. The predicted octanol–water partition coefficient (Wildman–Crippen LogP) is 5.78. The van der Waals surface area contributed by atoms with Crippen molar-refractivity contribution < 1.29 is 18.0 Å². The maximum atomic E-state index is 12.5. The molecule has 1 aromatic heterocycles. The topological polar surface area (TPSA) is 106 Å². The number of aryl methyl sites for hydroxylation is 2. The Morgan fingerprint density at radius 2 is 1.38 bits per heavy atom. The normalized spacial score (nSPS) is 10.8. The summed E-state index contributed by atoms with van der Waals surface area (Å²) in [4.78, 5) is 16.5. The van der Waals surface area contributed by atoms with E-state index in [1.54, 1.807) is 12.1 Å². The molecular formula is C23H35N3O4S2. The Balaban J connectivity index is 0.00000161. The Morgan fingerprint density at radius 1 is 0.844 bits per heavy atom. The number of carbonyl (C=O) groups excluding carboxylic acids is 2. The fraction of sp³-hybridized carbons (Fsp3) is 0.609. The van der Waals surface area contributed by atoms with Crippen LogP contribution in [0, 0.1) is 0 Å². The summed E-state index contributed by atoms with van der Waals surface area (Å²) < 4.78 is 27.5. The first kappa shape index (κ1) is 27.9. The summed E-state index contributed by atoms with van der Waals surface area (Å²) in [5, 5.41) is 8.96. The van der Waals surface area contributed by atoms with Gasteiger partial charge >= 0.3 is 6.15 Å². The molecule has 1 aromatic carbocycles.